The van der Waals surface area contributed by atoms with Gasteiger partial charge in [0, 0.05) is 65.4 Å². The highest BCUT2D eigenvalue weighted by atomic mass is 32.2. The Kier molecular flexibility index (Phi) is 21.1. The maximum Gasteiger partial charge on any atom is 0.311 e. The molecular formula is C62H83N7O7S. The largest absolute Gasteiger partial charge is 0.550 e. The molecule has 14 nitrogen and oxygen atoms in total. The number of H-pyrrole nitrogens is 1. The van der Waals surface area contributed by atoms with Gasteiger partial charge in [-0.1, -0.05) is 129 Å². The van der Waals surface area contributed by atoms with E-state index in [0.29, 0.717) is 36.3 Å². The summed E-state index contributed by atoms with van der Waals surface area (Å²) in [5.74, 6) is -1.27. The van der Waals surface area contributed by atoms with E-state index in [4.69, 9.17) is 4.74 Å². The van der Waals surface area contributed by atoms with Gasteiger partial charge in [0.05, 0.1) is 39.4 Å². The van der Waals surface area contributed by atoms with Crippen molar-refractivity contribution in [1.82, 2.24) is 14.5 Å². The SMILES string of the molecule is CCC(C)(C)C(=O)OCCCNS(=O)(=O)c1ccc(N=Nc2c(C)[nH]n(-c3ccccc3)c2=O)cc1.CCC(C)(C)C(=O)[O-].CCCCN1C(=CC=CC2=[N+](CCCC)c3ccccc3C2(C)C)C(C)(C)c2ccccc21. The van der Waals surface area contributed by atoms with Gasteiger partial charge >= 0.3 is 5.97 Å². The van der Waals surface area contributed by atoms with E-state index in [1.54, 1.807) is 46.8 Å². The van der Waals surface area contributed by atoms with Gasteiger partial charge in [0.25, 0.3) is 5.56 Å². The molecule has 0 saturated heterocycles. The molecule has 1 aromatic heterocycles. The number of para-hydroxylation sites is 3. The van der Waals surface area contributed by atoms with Crippen LogP contribution in [0.15, 0.2) is 147 Å². The first-order valence-corrected chi connectivity index (χ1v) is 28.6. The van der Waals surface area contributed by atoms with E-state index >= 15 is 0 Å². The molecule has 0 saturated carbocycles. The van der Waals surface area contributed by atoms with Gasteiger partial charge in [0.15, 0.2) is 11.4 Å². The predicted octanol–water partition coefficient (Wildman–Crippen LogP) is 12.6. The smallest absolute Gasteiger partial charge is 0.311 e. The van der Waals surface area contributed by atoms with Crippen molar-refractivity contribution in [1.29, 1.82) is 0 Å². The Morgan fingerprint density at radius 3 is 2.00 bits per heavy atom. The van der Waals surface area contributed by atoms with Gasteiger partial charge in [-0.3, -0.25) is 14.7 Å². The minimum Gasteiger partial charge on any atom is -0.550 e. The fourth-order valence-corrected chi connectivity index (χ4v) is 9.93. The maximum atomic E-state index is 12.7. The van der Waals surface area contributed by atoms with Crippen LogP contribution in [-0.4, -0.2) is 66.7 Å². The molecule has 0 unspecified atom stereocenters. The van der Waals surface area contributed by atoms with Gasteiger partial charge < -0.3 is 19.5 Å². The van der Waals surface area contributed by atoms with E-state index < -0.39 is 26.8 Å². The number of carboxylic acid groups (broad SMARTS) is 1. The van der Waals surface area contributed by atoms with Crippen molar-refractivity contribution in [2.45, 2.75) is 151 Å². The number of esters is 1. The summed E-state index contributed by atoms with van der Waals surface area (Å²) in [6.07, 6.45) is 13.5. The number of aryl methyl sites for hydroxylation is 1. The first-order chi connectivity index (χ1) is 36.4. The number of fused-ring (bicyclic) bond motifs is 2. The van der Waals surface area contributed by atoms with E-state index in [9.17, 15) is 27.9 Å². The first-order valence-electron chi connectivity index (χ1n) is 27.2. The molecular weight excluding hydrogens is 987 g/mol. The molecule has 0 fully saturated rings. The highest BCUT2D eigenvalue weighted by Crippen LogP contribution is 2.48. The molecule has 15 heteroatoms. The molecule has 0 atom stereocenters. The third kappa shape index (κ3) is 14.9. The lowest BCUT2D eigenvalue weighted by molar-refractivity contribution is -0.438. The van der Waals surface area contributed by atoms with Crippen LogP contribution in [0.2, 0.25) is 0 Å². The number of ether oxygens (including phenoxy) is 1. The van der Waals surface area contributed by atoms with E-state index in [0.717, 1.165) is 13.1 Å². The summed E-state index contributed by atoms with van der Waals surface area (Å²) in [6.45, 7) is 28.8. The molecule has 0 bridgehead atoms. The molecule has 77 heavy (non-hydrogen) atoms. The second-order valence-electron chi connectivity index (χ2n) is 22.0. The first kappa shape index (κ1) is 61.1. The van der Waals surface area contributed by atoms with E-state index in [1.807, 2.05) is 32.0 Å². The molecule has 0 radical (unpaired) electrons. The minimum atomic E-state index is -3.74. The van der Waals surface area contributed by atoms with Crippen molar-refractivity contribution in [2.75, 3.05) is 31.1 Å². The molecule has 3 heterocycles. The van der Waals surface area contributed by atoms with Crippen LogP contribution in [0.4, 0.5) is 22.7 Å². The van der Waals surface area contributed by atoms with Crippen molar-refractivity contribution < 1.29 is 32.4 Å². The molecule has 2 aliphatic heterocycles. The van der Waals surface area contributed by atoms with Crippen molar-refractivity contribution in [3.63, 3.8) is 0 Å². The number of nitrogens with zero attached hydrogens (tertiary/aromatic N) is 5. The van der Waals surface area contributed by atoms with Gasteiger partial charge in [-0.05, 0) is 114 Å². The number of rotatable bonds is 21. The summed E-state index contributed by atoms with van der Waals surface area (Å²) in [5.41, 5.74) is 8.70. The number of aromatic nitrogens is 2. The van der Waals surface area contributed by atoms with E-state index in [-0.39, 0.29) is 46.1 Å². The normalized spacial score (nSPS) is 15.3. The van der Waals surface area contributed by atoms with Crippen LogP contribution in [0.5, 0.6) is 0 Å². The van der Waals surface area contributed by atoms with Crippen molar-refractivity contribution >= 4 is 50.4 Å². The van der Waals surface area contributed by atoms with Crippen LogP contribution in [-0.2, 0) is 35.2 Å². The number of nitrogens with one attached hydrogen (secondary N) is 2. The topological polar surface area (TPSA) is 181 Å². The fourth-order valence-electron chi connectivity index (χ4n) is 8.85. The number of carboxylic acids is 1. The van der Waals surface area contributed by atoms with Crippen LogP contribution in [0, 0.1) is 17.8 Å². The predicted molar refractivity (Wildman–Crippen MR) is 309 cm³/mol. The number of carbonyl (C=O) groups excluding carboxylic acids is 2. The quantitative estimate of drug-likeness (QED) is 0.0315. The molecule has 414 valence electrons. The Hall–Kier alpha value is -6.71. The highest BCUT2D eigenvalue weighted by molar-refractivity contribution is 7.89. The van der Waals surface area contributed by atoms with Gasteiger partial charge in [0.2, 0.25) is 15.7 Å². The molecule has 5 aromatic rings. The Bertz CT molecular complexity index is 3110. The highest BCUT2D eigenvalue weighted by Gasteiger charge is 2.44. The number of carbonyl (C=O) groups is 2. The standard InChI is InChI=1S/C31H41N2.C25H31N5O5S.C6H12O2/c1-7-9-22-32-26-18-13-11-16-24(26)30(3,4)28(32)20-15-21-29-31(5,6)25-17-12-14-19-27(25)33(29)23-10-8-2;1-5-25(3,4)24(32)35-17-9-16-26-36(33,34)21-14-12-19(13-15-21)27-28-22-18(2)29-30(23(22)31)20-10-7-6-8-11-20;1-4-6(2,3)5(7)8/h11-21H,7-10,22-23H2,1-6H3;6-8,10-15,26,29H,5,9,16-17H2,1-4H3;4H2,1-3H3,(H,7,8)/q+1;;/p-1. The van der Waals surface area contributed by atoms with Gasteiger partial charge in [-0.2, -0.15) is 9.69 Å². The Morgan fingerprint density at radius 2 is 1.39 bits per heavy atom. The Morgan fingerprint density at radius 1 is 0.779 bits per heavy atom. The molecule has 0 aliphatic carbocycles. The maximum absolute atomic E-state index is 12.7. The molecule has 0 amide bonds. The average Bonchev–Trinajstić information content (AvgIpc) is 3.92. The fraction of sp³-hybridized carbons (Fsp3) is 0.452. The Balaban J connectivity index is 0.000000249. The Labute approximate surface area is 458 Å². The lowest BCUT2D eigenvalue weighted by atomic mass is 9.81. The third-order valence-electron chi connectivity index (χ3n) is 14.8. The lowest BCUT2D eigenvalue weighted by Gasteiger charge is -2.27. The lowest BCUT2D eigenvalue weighted by Crippen LogP contribution is -2.37. The second kappa shape index (κ2) is 26.6. The zero-order valence-electron chi connectivity index (χ0n) is 47.8. The zero-order valence-corrected chi connectivity index (χ0v) is 48.6. The van der Waals surface area contributed by atoms with Crippen molar-refractivity contribution in [3.8, 4) is 5.69 Å². The third-order valence-corrected chi connectivity index (χ3v) is 16.2. The van der Waals surface area contributed by atoms with E-state index in [2.05, 4.69) is 138 Å². The van der Waals surface area contributed by atoms with E-state index in [1.165, 1.54) is 88.5 Å². The zero-order chi connectivity index (χ0) is 56.8. The second-order valence-corrected chi connectivity index (χ2v) is 23.8. The number of allylic oxidation sites excluding steroid dienone is 4. The van der Waals surface area contributed by atoms with Crippen LogP contribution >= 0.6 is 0 Å². The minimum absolute atomic E-state index is 0.00932. The average molecular weight is 1070 g/mol. The summed E-state index contributed by atoms with van der Waals surface area (Å²) in [4.78, 5) is 37.4. The number of benzene rings is 4. The van der Waals surface area contributed by atoms with Crippen molar-refractivity contribution in [3.05, 3.63) is 154 Å². The number of aromatic amines is 1. The molecule has 2 aliphatic rings. The van der Waals surface area contributed by atoms with Crippen LogP contribution in [0.1, 0.15) is 145 Å². The number of anilines is 1. The van der Waals surface area contributed by atoms with Crippen LogP contribution < -0.4 is 20.3 Å². The number of aliphatic carboxylic acids is 1. The number of sulfonamides is 1. The number of hydrogen-bond donors (Lipinski definition) is 2. The van der Waals surface area contributed by atoms with Crippen molar-refractivity contribution in [2.24, 2.45) is 21.1 Å². The number of unbranched alkanes of at least 4 members (excludes halogenated alkanes) is 2. The molecule has 2 N–H and O–H groups in total. The monoisotopic (exact) mass is 1070 g/mol. The van der Waals surface area contributed by atoms with Crippen LogP contribution in [0.3, 0.4) is 0 Å². The van der Waals surface area contributed by atoms with Gasteiger partial charge in [-0.15, -0.1) is 5.11 Å². The summed E-state index contributed by atoms with van der Waals surface area (Å²) < 4.78 is 36.7. The summed E-state index contributed by atoms with van der Waals surface area (Å²) in [7, 11) is -3.74. The summed E-state index contributed by atoms with van der Waals surface area (Å²) in [6, 6.07) is 32.8. The van der Waals surface area contributed by atoms with Gasteiger partial charge in [-0.25, -0.2) is 17.8 Å². The molecule has 4 aromatic carbocycles. The number of hydrogen-bond acceptors (Lipinski definition) is 10. The number of azo groups is 1. The van der Waals surface area contributed by atoms with Crippen LogP contribution in [0.25, 0.3) is 5.69 Å². The molecule has 0 spiro atoms. The van der Waals surface area contributed by atoms with Gasteiger partial charge in [0.1, 0.15) is 6.54 Å². The molecule has 7 rings (SSSR count). The summed E-state index contributed by atoms with van der Waals surface area (Å²) in [5, 5.41) is 21.3. The summed E-state index contributed by atoms with van der Waals surface area (Å²) >= 11 is 0.